The Balaban J connectivity index is 0.000000459. The average molecular weight is 340 g/mol. The van der Waals surface area contributed by atoms with Gasteiger partial charge in [0, 0.05) is 25.7 Å². The van der Waals surface area contributed by atoms with Crippen LogP contribution in [-0.4, -0.2) is 55.1 Å². The summed E-state index contributed by atoms with van der Waals surface area (Å²) < 4.78 is 0. The zero-order chi connectivity index (χ0) is 17.7. The zero-order valence-corrected chi connectivity index (χ0v) is 15.1. The lowest BCUT2D eigenvalue weighted by molar-refractivity contribution is -0.128. The number of carbonyl (C=O) groups excluding carboxylic acids is 1. The zero-order valence-electron chi connectivity index (χ0n) is 14.3. The highest BCUT2D eigenvalue weighted by molar-refractivity contribution is 8.02. The smallest absolute Gasteiger partial charge is 0.220 e. The molecule has 6 nitrogen and oxygen atoms in total. The van der Waals surface area contributed by atoms with E-state index in [1.807, 2.05) is 23.4 Å². The normalized spacial score (nSPS) is 14.7. The first-order valence-corrected chi connectivity index (χ1v) is 8.46. The van der Waals surface area contributed by atoms with Crippen molar-refractivity contribution in [1.29, 1.82) is 0 Å². The number of carbonyl (C=O) groups is 1. The van der Waals surface area contributed by atoms with E-state index in [0.717, 1.165) is 38.3 Å². The fourth-order valence-corrected chi connectivity index (χ4v) is 2.42. The van der Waals surface area contributed by atoms with Gasteiger partial charge >= 0.3 is 0 Å². The maximum Gasteiger partial charge on any atom is 0.220 e. The molecule has 23 heavy (non-hydrogen) atoms. The Kier molecular flexibility index (Phi) is 11.8. The predicted molar refractivity (Wildman–Crippen MR) is 101 cm³/mol. The van der Waals surface area contributed by atoms with Gasteiger partial charge in [-0.15, -0.1) is 18.3 Å². The van der Waals surface area contributed by atoms with Gasteiger partial charge in [0.25, 0.3) is 0 Å². The van der Waals surface area contributed by atoms with Crippen LogP contribution in [0.4, 0.5) is 0 Å². The van der Waals surface area contributed by atoms with Gasteiger partial charge < -0.3 is 16.0 Å². The molecule has 1 amide bonds. The van der Waals surface area contributed by atoms with E-state index < -0.39 is 0 Å². The number of aliphatic imine (C=N–C) groups is 1. The van der Waals surface area contributed by atoms with E-state index in [9.17, 15) is 4.79 Å². The lowest BCUT2D eigenvalue weighted by Crippen LogP contribution is -2.27. The van der Waals surface area contributed by atoms with Crippen LogP contribution in [0.1, 0.15) is 19.8 Å². The summed E-state index contributed by atoms with van der Waals surface area (Å²) in [5.41, 5.74) is 6.30. The Morgan fingerprint density at radius 3 is 2.57 bits per heavy atom. The average Bonchev–Trinajstić information content (AvgIpc) is 2.94. The molecule has 0 unspecified atom stereocenters. The van der Waals surface area contributed by atoms with Gasteiger partial charge in [-0.2, -0.15) is 0 Å². The van der Waals surface area contributed by atoms with Crippen molar-refractivity contribution in [3.63, 3.8) is 0 Å². The molecule has 130 valence electrons. The number of amides is 1. The van der Waals surface area contributed by atoms with E-state index in [1.54, 1.807) is 18.7 Å². The Bertz CT molecular complexity index is 436. The van der Waals surface area contributed by atoms with Crippen LogP contribution in [-0.2, 0) is 4.79 Å². The van der Waals surface area contributed by atoms with Crippen LogP contribution in [0, 0.1) is 0 Å². The number of thioether (sulfide) groups is 1. The molecule has 0 bridgehead atoms. The van der Waals surface area contributed by atoms with Gasteiger partial charge in [0.2, 0.25) is 5.91 Å². The minimum absolute atomic E-state index is 0.180. The highest BCUT2D eigenvalue weighted by Gasteiger charge is 2.17. The Morgan fingerprint density at radius 2 is 2.17 bits per heavy atom. The molecule has 0 aromatic rings. The Labute approximate surface area is 144 Å². The number of likely N-dealkylation sites (N-methyl/N-ethyl adjacent to an activating group) is 1. The van der Waals surface area contributed by atoms with Crippen LogP contribution >= 0.6 is 11.8 Å². The highest BCUT2D eigenvalue weighted by Crippen LogP contribution is 2.12. The van der Waals surface area contributed by atoms with Gasteiger partial charge in [-0.25, -0.2) is 0 Å². The standard InChI is InChI=1S/C10H17N3S.C6H12N2O/c1-4-5-6-10(12-3)7-14-8-13-9(2)11;1-6(9)8-4-3-7(2)5-8/h4,7,13H,1-3,5-6,8,11H2;3-5H2,1-2H3/b10-7-;. The van der Waals surface area contributed by atoms with Crippen molar-refractivity contribution in [3.05, 3.63) is 36.2 Å². The number of rotatable bonds is 8. The van der Waals surface area contributed by atoms with Gasteiger partial charge in [0.1, 0.15) is 0 Å². The minimum atomic E-state index is 0.180. The van der Waals surface area contributed by atoms with Crippen molar-refractivity contribution in [2.45, 2.75) is 19.8 Å². The molecule has 1 fully saturated rings. The highest BCUT2D eigenvalue weighted by atomic mass is 32.2. The predicted octanol–water partition coefficient (Wildman–Crippen LogP) is 1.94. The molecular weight excluding hydrogens is 310 g/mol. The fraction of sp³-hybridized carbons (Fsp3) is 0.500. The molecule has 0 saturated carbocycles. The Morgan fingerprint density at radius 1 is 1.48 bits per heavy atom. The van der Waals surface area contributed by atoms with Crippen molar-refractivity contribution in [3.8, 4) is 0 Å². The third-order valence-electron chi connectivity index (χ3n) is 3.02. The van der Waals surface area contributed by atoms with Crippen LogP contribution in [0.15, 0.2) is 41.2 Å². The maximum atomic E-state index is 10.7. The quantitative estimate of drug-likeness (QED) is 0.306. The summed E-state index contributed by atoms with van der Waals surface area (Å²) in [6.07, 6.45) is 3.66. The summed E-state index contributed by atoms with van der Waals surface area (Å²) >= 11 is 1.58. The summed E-state index contributed by atoms with van der Waals surface area (Å²) in [7, 11) is 2.02. The molecule has 0 aliphatic carbocycles. The van der Waals surface area contributed by atoms with Crippen LogP contribution in [0.5, 0.6) is 0 Å². The molecule has 0 spiro atoms. The molecular formula is C16H29N5OS. The van der Waals surface area contributed by atoms with Crippen LogP contribution in [0.3, 0.4) is 0 Å². The monoisotopic (exact) mass is 339 g/mol. The van der Waals surface area contributed by atoms with Crippen LogP contribution in [0.2, 0.25) is 0 Å². The minimum Gasteiger partial charge on any atom is -0.386 e. The number of hydrogen-bond donors (Lipinski definition) is 2. The lowest BCUT2D eigenvalue weighted by Gasteiger charge is -2.11. The number of allylic oxidation sites excluding steroid dienone is 2. The van der Waals surface area contributed by atoms with Crippen molar-refractivity contribution >= 4 is 24.4 Å². The molecule has 0 aromatic carbocycles. The second-order valence-corrected chi connectivity index (χ2v) is 5.97. The van der Waals surface area contributed by atoms with E-state index in [1.165, 1.54) is 0 Å². The first-order valence-electron chi connectivity index (χ1n) is 7.41. The number of hydrogen-bond acceptors (Lipinski definition) is 6. The van der Waals surface area contributed by atoms with E-state index in [-0.39, 0.29) is 5.91 Å². The van der Waals surface area contributed by atoms with Crippen molar-refractivity contribution in [2.24, 2.45) is 10.7 Å². The first kappa shape index (κ1) is 21.3. The van der Waals surface area contributed by atoms with Crippen LogP contribution in [0.25, 0.3) is 0 Å². The lowest BCUT2D eigenvalue weighted by atomic mass is 10.2. The third-order valence-corrected chi connectivity index (χ3v) is 3.77. The van der Waals surface area contributed by atoms with Gasteiger partial charge in [0.05, 0.1) is 18.4 Å². The summed E-state index contributed by atoms with van der Waals surface area (Å²) in [6.45, 7) is 15.0. The topological polar surface area (TPSA) is 74.0 Å². The van der Waals surface area contributed by atoms with Crippen molar-refractivity contribution in [1.82, 2.24) is 15.1 Å². The molecule has 3 N–H and O–H groups in total. The molecule has 0 radical (unpaired) electrons. The molecule has 1 aliphatic rings. The second-order valence-electron chi connectivity index (χ2n) is 5.11. The number of nitrogens with one attached hydrogen (secondary N) is 1. The summed E-state index contributed by atoms with van der Waals surface area (Å²) in [5.74, 6) is 1.35. The summed E-state index contributed by atoms with van der Waals surface area (Å²) in [6, 6.07) is 0. The van der Waals surface area contributed by atoms with E-state index in [4.69, 9.17) is 5.73 Å². The van der Waals surface area contributed by atoms with Gasteiger partial charge in [-0.05, 0) is 32.0 Å². The summed E-state index contributed by atoms with van der Waals surface area (Å²) in [4.78, 5) is 18.6. The fourth-order valence-electron chi connectivity index (χ4n) is 1.68. The van der Waals surface area contributed by atoms with Gasteiger partial charge in [0.15, 0.2) is 0 Å². The number of nitrogens with zero attached hydrogens (tertiary/aromatic N) is 3. The second kappa shape index (κ2) is 12.8. The van der Waals surface area contributed by atoms with Gasteiger partial charge in [-0.1, -0.05) is 12.7 Å². The number of nitrogens with two attached hydrogens (primary N) is 1. The molecule has 0 atom stereocenters. The molecule has 7 heteroatoms. The largest absolute Gasteiger partial charge is 0.386 e. The molecule has 1 heterocycles. The van der Waals surface area contributed by atoms with Crippen molar-refractivity contribution < 1.29 is 4.79 Å². The van der Waals surface area contributed by atoms with Crippen LogP contribution < -0.4 is 11.1 Å². The Hall–Kier alpha value is -1.73. The SMILES string of the molecule is C=CCC/C(=C/SCNC(=C)N)N=C.CC(=O)N1CCN(C)C1. The third kappa shape index (κ3) is 11.5. The van der Waals surface area contributed by atoms with Crippen molar-refractivity contribution in [2.75, 3.05) is 32.7 Å². The van der Waals surface area contributed by atoms with Gasteiger partial charge in [-0.3, -0.25) is 14.7 Å². The van der Waals surface area contributed by atoms with E-state index in [0.29, 0.717) is 11.7 Å². The van der Waals surface area contributed by atoms with E-state index >= 15 is 0 Å². The molecule has 1 saturated heterocycles. The first-order chi connectivity index (χ1) is 10.9. The molecule has 1 rings (SSSR count). The summed E-state index contributed by atoms with van der Waals surface area (Å²) in [5, 5.41) is 4.87. The van der Waals surface area contributed by atoms with E-state index in [2.05, 4.69) is 35.1 Å². The maximum absolute atomic E-state index is 10.7. The molecule has 0 aromatic heterocycles. The molecule has 1 aliphatic heterocycles.